The number of anilines is 1. The van der Waals surface area contributed by atoms with Crippen molar-refractivity contribution in [3.63, 3.8) is 0 Å². The largest absolute Gasteiger partial charge is 0.460 e. The number of aliphatic hydroxyl groups excluding tert-OH is 1. The summed E-state index contributed by atoms with van der Waals surface area (Å²) in [5.41, 5.74) is 2.36. The highest BCUT2D eigenvalue weighted by atomic mass is 35.5. The van der Waals surface area contributed by atoms with Gasteiger partial charge in [0.15, 0.2) is 0 Å². The lowest BCUT2D eigenvalue weighted by Gasteiger charge is -2.62. The third-order valence-corrected chi connectivity index (χ3v) is 9.01. The molecule has 150 valence electrons. The zero-order valence-corrected chi connectivity index (χ0v) is 17.0. The zero-order chi connectivity index (χ0) is 19.4. The predicted octanol–water partition coefficient (Wildman–Crippen LogP) is 2.34. The van der Waals surface area contributed by atoms with Gasteiger partial charge in [0.1, 0.15) is 18.2 Å². The summed E-state index contributed by atoms with van der Waals surface area (Å²) in [5, 5.41) is 11.2. The molecule has 5 nitrogen and oxygen atoms in total. The lowest BCUT2D eigenvalue weighted by Crippen LogP contribution is -2.72. The minimum absolute atomic E-state index is 0.107. The molecule has 1 aromatic carbocycles. The van der Waals surface area contributed by atoms with Gasteiger partial charge in [-0.1, -0.05) is 25.1 Å². The minimum atomic E-state index is -0.382. The number of aliphatic hydroxyl groups is 1. The summed E-state index contributed by atoms with van der Waals surface area (Å²) in [6.07, 6.45) is 2.44. The highest BCUT2D eigenvalue weighted by Crippen LogP contribution is 2.69. The van der Waals surface area contributed by atoms with E-state index in [1.807, 2.05) is 0 Å². The van der Waals surface area contributed by atoms with Crippen LogP contribution >= 0.6 is 11.6 Å². The van der Waals surface area contributed by atoms with Crippen LogP contribution in [0.15, 0.2) is 24.3 Å². The Balaban J connectivity index is 1.57. The number of esters is 1. The van der Waals surface area contributed by atoms with E-state index in [4.69, 9.17) is 16.3 Å². The number of para-hydroxylation sites is 1. The third kappa shape index (κ3) is 1.76. The van der Waals surface area contributed by atoms with Gasteiger partial charge in [0.05, 0.1) is 11.5 Å². The molecule has 5 aliphatic heterocycles. The van der Waals surface area contributed by atoms with Crippen molar-refractivity contribution in [3.05, 3.63) is 29.8 Å². The number of hydrogen-bond donors (Lipinski definition) is 1. The molecule has 28 heavy (non-hydrogen) atoms. The topological polar surface area (TPSA) is 53.0 Å². The molecular weight excluding hydrogens is 376 g/mol. The molecule has 4 saturated heterocycles. The highest BCUT2D eigenvalue weighted by molar-refractivity contribution is 6.26. The van der Waals surface area contributed by atoms with Crippen molar-refractivity contribution in [1.29, 1.82) is 0 Å². The summed E-state index contributed by atoms with van der Waals surface area (Å²) < 4.78 is 6.19. The van der Waals surface area contributed by atoms with Gasteiger partial charge in [-0.3, -0.25) is 9.69 Å². The molecule has 1 aromatic rings. The van der Waals surface area contributed by atoms with E-state index in [1.165, 1.54) is 11.3 Å². The van der Waals surface area contributed by atoms with Crippen molar-refractivity contribution >= 4 is 23.3 Å². The molecule has 0 radical (unpaired) electrons. The Labute approximate surface area is 170 Å². The van der Waals surface area contributed by atoms with Crippen LogP contribution in [0.1, 0.15) is 31.7 Å². The van der Waals surface area contributed by atoms with Crippen LogP contribution in [-0.2, 0) is 14.9 Å². The van der Waals surface area contributed by atoms with Crippen LogP contribution in [-0.4, -0.2) is 59.4 Å². The van der Waals surface area contributed by atoms with E-state index in [9.17, 15) is 9.90 Å². The number of halogens is 1. The minimum Gasteiger partial charge on any atom is -0.460 e. The lowest BCUT2D eigenvalue weighted by molar-refractivity contribution is -0.212. The first kappa shape index (κ1) is 17.5. The second-order valence-corrected chi connectivity index (χ2v) is 9.67. The summed E-state index contributed by atoms with van der Waals surface area (Å²) in [5.74, 6) is 0.510. The zero-order valence-electron chi connectivity index (χ0n) is 16.3. The normalized spacial score (nSPS) is 49.3. The van der Waals surface area contributed by atoms with Gasteiger partial charge in [-0.2, -0.15) is 0 Å². The second kappa shape index (κ2) is 5.65. The van der Waals surface area contributed by atoms with Crippen LogP contribution in [0.2, 0.25) is 0 Å². The number of hydrogen-bond acceptors (Lipinski definition) is 5. The maximum absolute atomic E-state index is 12.4. The Kier molecular flexibility index (Phi) is 3.54. The SMILES string of the molecule is CC[C@H]1[C@@H]2C[C@H]3[C@@H]4N(C)c5ccccc5[C@]45C[C@@H]([C@H]2C5OC(=O)CCl)N3[C@@H]1O. The monoisotopic (exact) mass is 402 g/mol. The van der Waals surface area contributed by atoms with Crippen LogP contribution in [0.25, 0.3) is 0 Å². The average molecular weight is 403 g/mol. The average Bonchev–Trinajstić information content (AvgIpc) is 3.10. The Morgan fingerprint density at radius 2 is 2.14 bits per heavy atom. The molecule has 1 spiro atoms. The van der Waals surface area contributed by atoms with E-state index in [-0.39, 0.29) is 53.5 Å². The van der Waals surface area contributed by atoms with Crippen LogP contribution < -0.4 is 4.90 Å². The number of carbonyl (C=O) groups is 1. The maximum Gasteiger partial charge on any atom is 0.321 e. The van der Waals surface area contributed by atoms with E-state index in [0.29, 0.717) is 12.0 Å². The first-order valence-corrected chi connectivity index (χ1v) is 11.1. The number of benzene rings is 1. The van der Waals surface area contributed by atoms with Gasteiger partial charge in [-0.15, -0.1) is 11.6 Å². The van der Waals surface area contributed by atoms with Crippen LogP contribution in [0, 0.1) is 17.8 Å². The number of likely N-dealkylation sites (N-methyl/N-ethyl adjacent to an activating group) is 1. The van der Waals surface area contributed by atoms with Crippen LogP contribution in [0.5, 0.6) is 0 Å². The molecule has 6 heteroatoms. The van der Waals surface area contributed by atoms with Crippen molar-refractivity contribution in [1.82, 2.24) is 4.90 Å². The molecule has 0 aromatic heterocycles. The van der Waals surface area contributed by atoms with Crippen molar-refractivity contribution in [3.8, 4) is 0 Å². The van der Waals surface area contributed by atoms with Gasteiger partial charge in [0.2, 0.25) is 0 Å². The fraction of sp³-hybridized carbons (Fsp3) is 0.682. The molecule has 0 amide bonds. The second-order valence-electron chi connectivity index (χ2n) is 9.41. The van der Waals surface area contributed by atoms with E-state index >= 15 is 0 Å². The molecular formula is C22H27ClN2O3. The van der Waals surface area contributed by atoms with Crippen LogP contribution in [0.3, 0.4) is 0 Å². The predicted molar refractivity (Wildman–Crippen MR) is 106 cm³/mol. The van der Waals surface area contributed by atoms with Gasteiger partial charge in [0.25, 0.3) is 0 Å². The number of fused-ring (bicyclic) bond motifs is 2. The standard InChI is InChI=1S/C22H27ClN2O3/c1-3-11-12-8-15-19-22(13-6-4-5-7-14(13)24(19)2)9-16(25(15)21(11)27)18(12)20(22)28-17(26)10-23/h4-7,11-12,15-16,18-21,27H,3,8-10H2,1-2H3/t11-,12-,15-,16-,18-,19-,20?,21+,22+/m0/s1. The lowest BCUT2D eigenvalue weighted by atomic mass is 9.62. The van der Waals surface area contributed by atoms with Crippen LogP contribution in [0.4, 0.5) is 5.69 Å². The number of piperidine rings is 4. The van der Waals surface area contributed by atoms with Crippen molar-refractivity contribution in [2.45, 2.75) is 62.1 Å². The molecule has 5 bridgehead atoms. The summed E-state index contributed by atoms with van der Waals surface area (Å²) in [6.45, 7) is 2.17. The van der Waals surface area contributed by atoms with E-state index in [0.717, 1.165) is 19.3 Å². The van der Waals surface area contributed by atoms with Crippen molar-refractivity contribution < 1.29 is 14.6 Å². The molecule has 10 atom stereocenters. The molecule has 5 fully saturated rings. The van der Waals surface area contributed by atoms with Gasteiger partial charge in [-0.05, 0) is 36.8 Å². The first-order chi connectivity index (χ1) is 13.5. The number of ether oxygens (including phenoxy) is 1. The molecule has 1 saturated carbocycles. The van der Waals surface area contributed by atoms with Gasteiger partial charge >= 0.3 is 5.97 Å². The van der Waals surface area contributed by atoms with E-state index in [2.05, 4.69) is 48.0 Å². The molecule has 7 rings (SSSR count). The summed E-state index contributed by atoms with van der Waals surface area (Å²) in [6, 6.07) is 9.40. The van der Waals surface area contributed by atoms with Gasteiger partial charge in [0, 0.05) is 36.7 Å². The molecule has 1 N–H and O–H groups in total. The summed E-state index contributed by atoms with van der Waals surface area (Å²) in [7, 11) is 2.17. The van der Waals surface area contributed by atoms with Gasteiger partial charge < -0.3 is 14.7 Å². The smallest absolute Gasteiger partial charge is 0.321 e. The highest BCUT2D eigenvalue weighted by Gasteiger charge is 2.77. The quantitative estimate of drug-likeness (QED) is 0.621. The first-order valence-electron chi connectivity index (χ1n) is 10.6. The van der Waals surface area contributed by atoms with Crippen molar-refractivity contribution in [2.75, 3.05) is 17.8 Å². The molecule has 6 aliphatic rings. The Bertz CT molecular complexity index is 849. The molecule has 5 heterocycles. The molecule has 2 unspecified atom stereocenters. The Morgan fingerprint density at radius 1 is 1.36 bits per heavy atom. The third-order valence-electron chi connectivity index (χ3n) is 8.79. The number of rotatable bonds is 3. The fourth-order valence-corrected chi connectivity index (χ4v) is 8.26. The Hall–Kier alpha value is -1.30. The van der Waals surface area contributed by atoms with E-state index < -0.39 is 0 Å². The number of alkyl halides is 1. The molecule has 1 aliphatic carbocycles. The number of nitrogens with zero attached hydrogens (tertiary/aromatic N) is 2. The maximum atomic E-state index is 12.4. The number of carbonyl (C=O) groups excluding carboxylic acids is 1. The van der Waals surface area contributed by atoms with E-state index in [1.54, 1.807) is 0 Å². The Morgan fingerprint density at radius 3 is 2.89 bits per heavy atom. The van der Waals surface area contributed by atoms with Gasteiger partial charge in [-0.25, -0.2) is 0 Å². The summed E-state index contributed by atoms with van der Waals surface area (Å²) >= 11 is 5.87. The van der Waals surface area contributed by atoms with Crippen molar-refractivity contribution in [2.24, 2.45) is 17.8 Å². The summed E-state index contributed by atoms with van der Waals surface area (Å²) in [4.78, 5) is 17.2. The fourth-order valence-electron chi connectivity index (χ4n) is 8.20.